The third kappa shape index (κ3) is 2.82. The minimum Gasteiger partial charge on any atom is -0.411 e. The van der Waals surface area contributed by atoms with Crippen LogP contribution in [0.15, 0.2) is 10.5 Å². The predicted octanol–water partition coefficient (Wildman–Crippen LogP) is 1.68. The van der Waals surface area contributed by atoms with Gasteiger partial charge < -0.3 is 10.1 Å². The van der Waals surface area contributed by atoms with E-state index in [2.05, 4.69) is 10.1 Å². The van der Waals surface area contributed by atoms with E-state index in [1.807, 2.05) is 10.3 Å². The van der Waals surface area contributed by atoms with Crippen molar-refractivity contribution >= 4 is 23.5 Å². The summed E-state index contributed by atoms with van der Waals surface area (Å²) < 4.78 is 0. The minimum atomic E-state index is 0.149. The Balaban J connectivity index is 1.97. The van der Waals surface area contributed by atoms with E-state index in [-0.39, 0.29) is 5.91 Å². The molecule has 0 saturated carbocycles. The second kappa shape index (κ2) is 5.27. The number of carbonyl (C=O) groups excluding carboxylic acids is 1. The molecule has 0 bridgehead atoms. The number of aromatic nitrogens is 1. The Morgan fingerprint density at radius 2 is 2.35 bits per heavy atom. The lowest BCUT2D eigenvalue weighted by molar-refractivity contribution is -0.129. The second-order valence-electron chi connectivity index (χ2n) is 4.14. The van der Waals surface area contributed by atoms with Gasteiger partial charge in [0.05, 0.1) is 16.9 Å². The fraction of sp³-hybridized carbons (Fsp3) is 0.545. The second-order valence-corrected chi connectivity index (χ2v) is 5.03. The number of hydrogen-bond acceptors (Lipinski definition) is 5. The normalized spacial score (nSPS) is 17.8. The average molecular weight is 253 g/mol. The predicted molar refractivity (Wildman–Crippen MR) is 65.7 cm³/mol. The molecule has 0 unspecified atom stereocenters. The van der Waals surface area contributed by atoms with Crippen LogP contribution in [-0.2, 0) is 4.79 Å². The number of amides is 1. The molecule has 0 aliphatic carbocycles. The molecule has 1 amide bonds. The van der Waals surface area contributed by atoms with Crippen molar-refractivity contribution in [2.75, 3.05) is 13.1 Å². The summed E-state index contributed by atoms with van der Waals surface area (Å²) in [5.41, 5.74) is 0.696. The van der Waals surface area contributed by atoms with Crippen molar-refractivity contribution < 1.29 is 10.0 Å². The summed E-state index contributed by atoms with van der Waals surface area (Å²) in [5, 5.41) is 14.3. The first-order valence-electron chi connectivity index (χ1n) is 5.59. The molecule has 1 saturated heterocycles. The highest BCUT2D eigenvalue weighted by atomic mass is 32.1. The lowest BCUT2D eigenvalue weighted by Gasteiger charge is -2.30. The summed E-state index contributed by atoms with van der Waals surface area (Å²) in [6.45, 7) is 3.23. The number of rotatable bonds is 2. The van der Waals surface area contributed by atoms with Gasteiger partial charge >= 0.3 is 0 Å². The van der Waals surface area contributed by atoms with Gasteiger partial charge in [0.25, 0.3) is 0 Å². The first-order valence-corrected chi connectivity index (χ1v) is 6.47. The van der Waals surface area contributed by atoms with Crippen molar-refractivity contribution in [1.29, 1.82) is 0 Å². The molecular formula is C11H15N3O2S. The standard InChI is InChI=1S/C11H15N3O2S/c1-8(15)14-4-2-9(3-5-14)11-13-10(6-12-16)7-17-11/h6-7,9,16H,2-5H2,1H3. The Morgan fingerprint density at radius 3 is 2.94 bits per heavy atom. The Labute approximate surface area is 104 Å². The molecule has 1 N–H and O–H groups in total. The zero-order valence-electron chi connectivity index (χ0n) is 9.67. The molecule has 1 fully saturated rings. The molecule has 0 spiro atoms. The van der Waals surface area contributed by atoms with Crippen molar-refractivity contribution in [3.8, 4) is 0 Å². The molecule has 1 aromatic rings. The van der Waals surface area contributed by atoms with Gasteiger partial charge in [0, 0.05) is 31.3 Å². The van der Waals surface area contributed by atoms with Crippen molar-refractivity contribution in [1.82, 2.24) is 9.88 Å². The molecule has 0 radical (unpaired) electrons. The van der Waals surface area contributed by atoms with Crippen LogP contribution in [-0.4, -0.2) is 40.3 Å². The Morgan fingerprint density at radius 1 is 1.65 bits per heavy atom. The number of carbonyl (C=O) groups is 1. The van der Waals surface area contributed by atoms with Crippen LogP contribution in [0.4, 0.5) is 0 Å². The SMILES string of the molecule is CC(=O)N1CCC(c2nc(C=NO)cs2)CC1. The average Bonchev–Trinajstić information content (AvgIpc) is 2.78. The zero-order valence-corrected chi connectivity index (χ0v) is 10.5. The summed E-state index contributed by atoms with van der Waals surface area (Å²) in [6, 6.07) is 0. The van der Waals surface area contributed by atoms with Crippen molar-refractivity contribution in [2.24, 2.45) is 5.16 Å². The maximum atomic E-state index is 11.2. The zero-order chi connectivity index (χ0) is 12.3. The Hall–Kier alpha value is -1.43. The maximum absolute atomic E-state index is 11.2. The highest BCUT2D eigenvalue weighted by molar-refractivity contribution is 7.09. The van der Waals surface area contributed by atoms with Crippen molar-refractivity contribution in [2.45, 2.75) is 25.7 Å². The molecule has 2 heterocycles. The number of piperidine rings is 1. The van der Waals surface area contributed by atoms with Crippen LogP contribution in [0.3, 0.4) is 0 Å². The molecule has 92 valence electrons. The number of oxime groups is 1. The third-order valence-corrected chi connectivity index (χ3v) is 4.04. The van der Waals surface area contributed by atoms with Gasteiger partial charge in [-0.05, 0) is 12.8 Å². The molecule has 1 aliphatic heterocycles. The monoisotopic (exact) mass is 253 g/mol. The molecule has 1 aromatic heterocycles. The van der Waals surface area contributed by atoms with Crippen LogP contribution >= 0.6 is 11.3 Å². The molecule has 2 rings (SSSR count). The van der Waals surface area contributed by atoms with Crippen LogP contribution in [0, 0.1) is 0 Å². The quantitative estimate of drug-likeness (QED) is 0.495. The molecule has 1 aliphatic rings. The van der Waals surface area contributed by atoms with E-state index in [0.29, 0.717) is 11.6 Å². The van der Waals surface area contributed by atoms with E-state index in [1.54, 1.807) is 18.3 Å². The van der Waals surface area contributed by atoms with Gasteiger partial charge in [-0.1, -0.05) is 5.16 Å². The topological polar surface area (TPSA) is 65.8 Å². The van der Waals surface area contributed by atoms with Gasteiger partial charge in [-0.2, -0.15) is 0 Å². The molecule has 0 aromatic carbocycles. The highest BCUT2D eigenvalue weighted by Crippen LogP contribution is 2.29. The maximum Gasteiger partial charge on any atom is 0.219 e. The summed E-state index contributed by atoms with van der Waals surface area (Å²) in [5.74, 6) is 0.576. The summed E-state index contributed by atoms with van der Waals surface area (Å²) in [6.07, 6.45) is 3.26. The molecular weight excluding hydrogens is 238 g/mol. The van der Waals surface area contributed by atoms with Crippen LogP contribution < -0.4 is 0 Å². The fourth-order valence-electron chi connectivity index (χ4n) is 2.05. The summed E-state index contributed by atoms with van der Waals surface area (Å²) in [7, 11) is 0. The number of likely N-dealkylation sites (tertiary alicyclic amines) is 1. The van der Waals surface area contributed by atoms with Crippen LogP contribution in [0.2, 0.25) is 0 Å². The van der Waals surface area contributed by atoms with E-state index >= 15 is 0 Å². The number of nitrogens with zero attached hydrogens (tertiary/aromatic N) is 3. The van der Waals surface area contributed by atoms with Crippen molar-refractivity contribution in [3.63, 3.8) is 0 Å². The first-order chi connectivity index (χ1) is 8.20. The summed E-state index contributed by atoms with van der Waals surface area (Å²) >= 11 is 1.59. The van der Waals surface area contributed by atoms with E-state index in [9.17, 15) is 4.79 Å². The lowest BCUT2D eigenvalue weighted by Crippen LogP contribution is -2.36. The van der Waals surface area contributed by atoms with Crippen LogP contribution in [0.25, 0.3) is 0 Å². The van der Waals surface area contributed by atoms with E-state index in [4.69, 9.17) is 5.21 Å². The summed E-state index contributed by atoms with van der Waals surface area (Å²) in [4.78, 5) is 17.5. The fourth-order valence-corrected chi connectivity index (χ4v) is 2.99. The van der Waals surface area contributed by atoms with Gasteiger partial charge in [-0.25, -0.2) is 4.98 Å². The van der Waals surface area contributed by atoms with Gasteiger partial charge in [-0.15, -0.1) is 11.3 Å². The van der Waals surface area contributed by atoms with Crippen LogP contribution in [0.1, 0.15) is 36.4 Å². The molecule has 5 nitrogen and oxygen atoms in total. The van der Waals surface area contributed by atoms with E-state index in [0.717, 1.165) is 30.9 Å². The first kappa shape index (κ1) is 12.0. The Kier molecular flexibility index (Phi) is 3.73. The lowest BCUT2D eigenvalue weighted by atomic mass is 9.97. The van der Waals surface area contributed by atoms with Crippen molar-refractivity contribution in [3.05, 3.63) is 16.1 Å². The smallest absolute Gasteiger partial charge is 0.219 e. The van der Waals surface area contributed by atoms with Gasteiger partial charge in [-0.3, -0.25) is 4.79 Å². The molecule has 6 heteroatoms. The van der Waals surface area contributed by atoms with Gasteiger partial charge in [0.15, 0.2) is 0 Å². The van der Waals surface area contributed by atoms with E-state index in [1.165, 1.54) is 6.21 Å². The molecule has 17 heavy (non-hydrogen) atoms. The third-order valence-electron chi connectivity index (χ3n) is 3.02. The number of thiazole rings is 1. The van der Waals surface area contributed by atoms with Crippen LogP contribution in [0.5, 0.6) is 0 Å². The molecule has 0 atom stereocenters. The van der Waals surface area contributed by atoms with Gasteiger partial charge in [0.2, 0.25) is 5.91 Å². The van der Waals surface area contributed by atoms with E-state index < -0.39 is 0 Å². The minimum absolute atomic E-state index is 0.149. The van der Waals surface area contributed by atoms with Gasteiger partial charge in [0.1, 0.15) is 0 Å². The highest BCUT2D eigenvalue weighted by Gasteiger charge is 2.23. The number of hydrogen-bond donors (Lipinski definition) is 1. The Bertz CT molecular complexity index is 422. The largest absolute Gasteiger partial charge is 0.411 e.